The monoisotopic (exact) mass is 510 g/mol. The summed E-state index contributed by atoms with van der Waals surface area (Å²) < 4.78 is 11.9. The Bertz CT molecular complexity index is 814. The minimum atomic E-state index is 1.13. The summed E-state index contributed by atoms with van der Waals surface area (Å²) >= 11 is 19.6. The van der Waals surface area contributed by atoms with E-state index >= 15 is 0 Å². The zero-order valence-corrected chi connectivity index (χ0v) is 21.1. The Labute approximate surface area is 190 Å². The highest BCUT2D eigenvalue weighted by atomic mass is 32.3. The molecule has 0 fully saturated rings. The Hall–Kier alpha value is 1.94. The predicted octanol–water partition coefficient (Wildman–Crippen LogP) is 9.31. The minimum absolute atomic E-state index is 1.13. The molecule has 25 heavy (non-hydrogen) atoms. The highest BCUT2D eigenvalue weighted by Crippen LogP contribution is 2.72. The van der Waals surface area contributed by atoms with Crippen molar-refractivity contribution in [3.05, 3.63) is 55.9 Å². The SMILES string of the molecule is CSC1=C(SC)SC(=C2SC3=C(SC(=C4SC5=C(CC=C5)S4)S3)S2)S1. The van der Waals surface area contributed by atoms with Crippen LogP contribution in [0.5, 0.6) is 0 Å². The Morgan fingerprint density at radius 2 is 1.12 bits per heavy atom. The van der Waals surface area contributed by atoms with Crippen molar-refractivity contribution in [2.45, 2.75) is 6.42 Å². The Morgan fingerprint density at radius 1 is 0.640 bits per heavy atom. The van der Waals surface area contributed by atoms with Crippen molar-refractivity contribution in [2.75, 3.05) is 12.5 Å². The molecule has 0 aromatic carbocycles. The van der Waals surface area contributed by atoms with Crippen LogP contribution in [0.25, 0.3) is 0 Å². The van der Waals surface area contributed by atoms with Gasteiger partial charge in [0.1, 0.15) is 0 Å². The Morgan fingerprint density at radius 3 is 1.60 bits per heavy atom. The first-order valence-electron chi connectivity index (χ1n) is 7.12. The van der Waals surface area contributed by atoms with Gasteiger partial charge in [0, 0.05) is 9.81 Å². The zero-order valence-electron chi connectivity index (χ0n) is 12.9. The molecule has 5 aliphatic rings. The molecular formula is C15H10S10. The maximum absolute atomic E-state index is 2.28. The average molecular weight is 511 g/mol. The number of rotatable bonds is 2. The van der Waals surface area contributed by atoms with Gasteiger partial charge >= 0.3 is 0 Å². The van der Waals surface area contributed by atoms with E-state index in [1.807, 2.05) is 118 Å². The maximum Gasteiger partial charge on any atom is 0.0718 e. The first-order chi connectivity index (χ1) is 12.2. The molecule has 0 amide bonds. The third-order valence-electron chi connectivity index (χ3n) is 3.42. The molecule has 0 unspecified atom stereocenters. The molecule has 0 atom stereocenters. The lowest BCUT2D eigenvalue weighted by Gasteiger charge is -2.07. The smallest absolute Gasteiger partial charge is 0.0718 e. The van der Waals surface area contributed by atoms with E-state index in [0.717, 1.165) is 6.42 Å². The highest BCUT2D eigenvalue weighted by Gasteiger charge is 2.36. The fourth-order valence-corrected chi connectivity index (χ4v) is 16.9. The molecule has 0 spiro atoms. The van der Waals surface area contributed by atoms with E-state index < -0.39 is 0 Å². The molecule has 10 heteroatoms. The second-order valence-corrected chi connectivity index (χ2v) is 16.9. The molecule has 5 rings (SSSR count). The molecule has 0 bridgehead atoms. The molecule has 0 saturated carbocycles. The molecular weight excluding hydrogens is 501 g/mol. The van der Waals surface area contributed by atoms with E-state index in [9.17, 15) is 0 Å². The van der Waals surface area contributed by atoms with Crippen LogP contribution < -0.4 is 0 Å². The van der Waals surface area contributed by atoms with Crippen molar-refractivity contribution in [1.82, 2.24) is 0 Å². The molecule has 0 radical (unpaired) electrons. The molecule has 4 aliphatic heterocycles. The van der Waals surface area contributed by atoms with Crippen LogP contribution in [0.4, 0.5) is 0 Å². The van der Waals surface area contributed by atoms with Crippen LogP contribution in [-0.4, -0.2) is 12.5 Å². The normalized spacial score (nSPS) is 25.5. The van der Waals surface area contributed by atoms with Gasteiger partial charge in [0.15, 0.2) is 0 Å². The van der Waals surface area contributed by atoms with Crippen molar-refractivity contribution in [3.63, 3.8) is 0 Å². The molecule has 0 N–H and O–H groups in total. The van der Waals surface area contributed by atoms with Crippen LogP contribution in [-0.2, 0) is 0 Å². The van der Waals surface area contributed by atoms with Crippen molar-refractivity contribution in [3.8, 4) is 0 Å². The van der Waals surface area contributed by atoms with Crippen LogP contribution >= 0.6 is 118 Å². The summed E-state index contributed by atoms with van der Waals surface area (Å²) in [6.45, 7) is 0. The molecule has 1 aliphatic carbocycles. The van der Waals surface area contributed by atoms with Gasteiger partial charge in [-0.2, -0.15) is 0 Å². The van der Waals surface area contributed by atoms with Crippen molar-refractivity contribution in [2.24, 2.45) is 0 Å². The van der Waals surface area contributed by atoms with Crippen LogP contribution in [0, 0.1) is 0 Å². The lowest BCUT2D eigenvalue weighted by molar-refractivity contribution is 1.42. The zero-order chi connectivity index (χ0) is 17.0. The summed E-state index contributed by atoms with van der Waals surface area (Å²) in [7, 11) is 0. The maximum atomic E-state index is 2.28. The first kappa shape index (κ1) is 18.9. The summed E-state index contributed by atoms with van der Waals surface area (Å²) in [5.41, 5.74) is 0. The van der Waals surface area contributed by atoms with E-state index in [0.29, 0.717) is 0 Å². The molecule has 130 valence electrons. The number of hydrogen-bond acceptors (Lipinski definition) is 10. The fraction of sp³-hybridized carbons (Fsp3) is 0.200. The Kier molecular flexibility index (Phi) is 6.05. The van der Waals surface area contributed by atoms with Crippen molar-refractivity contribution in [1.29, 1.82) is 0 Å². The lowest BCUT2D eigenvalue weighted by atomic mass is 10.5. The average Bonchev–Trinajstić information content (AvgIpc) is 3.35. The summed E-state index contributed by atoms with van der Waals surface area (Å²) in [5.74, 6) is 0. The van der Waals surface area contributed by atoms with Gasteiger partial charge in [-0.1, -0.05) is 106 Å². The second-order valence-electron chi connectivity index (χ2n) is 4.92. The van der Waals surface area contributed by atoms with E-state index in [4.69, 9.17) is 0 Å². The summed E-state index contributed by atoms with van der Waals surface area (Å²) in [5, 5.41) is 0. The van der Waals surface area contributed by atoms with Gasteiger partial charge in [-0.25, -0.2) is 0 Å². The summed E-state index contributed by atoms with van der Waals surface area (Å²) in [6.07, 6.45) is 10.1. The molecule has 0 aromatic rings. The molecule has 0 saturated heterocycles. The van der Waals surface area contributed by atoms with Crippen LogP contribution in [0.2, 0.25) is 0 Å². The van der Waals surface area contributed by atoms with E-state index in [-0.39, 0.29) is 0 Å². The standard InChI is InChI=1S/C15H10S10/c1-16-8-9(17-2)21-12(20-8)13-24-14-15(25-13)23-11(22-14)10-18-6-4-3-5-7(6)19-10/h3-4H,5H2,1-2H3. The Balaban J connectivity index is 1.28. The largest absolute Gasteiger partial charge is 0.121 e. The van der Waals surface area contributed by atoms with Crippen LogP contribution in [0.15, 0.2) is 55.9 Å². The van der Waals surface area contributed by atoms with E-state index in [1.165, 1.54) is 38.8 Å². The molecule has 0 nitrogen and oxygen atoms in total. The van der Waals surface area contributed by atoms with Crippen molar-refractivity contribution >= 4 is 118 Å². The van der Waals surface area contributed by atoms with Gasteiger partial charge in [0.05, 0.1) is 33.9 Å². The van der Waals surface area contributed by atoms with Crippen molar-refractivity contribution < 1.29 is 0 Å². The molecule has 0 aromatic heterocycles. The quantitative estimate of drug-likeness (QED) is 0.350. The third kappa shape index (κ3) is 3.64. The number of allylic oxidation sites excluding steroid dienone is 3. The number of thioether (sulfide) groups is 10. The second kappa shape index (κ2) is 7.99. The highest BCUT2D eigenvalue weighted by molar-refractivity contribution is 8.50. The summed E-state index contributed by atoms with van der Waals surface area (Å²) in [4.78, 5) is 3.02. The van der Waals surface area contributed by atoms with Gasteiger partial charge in [0.2, 0.25) is 0 Å². The van der Waals surface area contributed by atoms with Crippen LogP contribution in [0.3, 0.4) is 0 Å². The number of hydrogen-bond donors (Lipinski definition) is 0. The van der Waals surface area contributed by atoms with Gasteiger partial charge in [-0.3, -0.25) is 0 Å². The first-order valence-corrected chi connectivity index (χ1v) is 16.1. The van der Waals surface area contributed by atoms with Gasteiger partial charge < -0.3 is 0 Å². The third-order valence-corrected chi connectivity index (χ3v) is 18.0. The predicted molar refractivity (Wildman–Crippen MR) is 137 cm³/mol. The van der Waals surface area contributed by atoms with Gasteiger partial charge in [-0.15, -0.1) is 23.5 Å². The minimum Gasteiger partial charge on any atom is -0.121 e. The van der Waals surface area contributed by atoms with E-state index in [2.05, 4.69) is 24.7 Å². The summed E-state index contributed by atoms with van der Waals surface area (Å²) in [6, 6.07) is 0. The van der Waals surface area contributed by atoms with Crippen LogP contribution in [0.1, 0.15) is 6.42 Å². The fourth-order valence-electron chi connectivity index (χ4n) is 2.32. The van der Waals surface area contributed by atoms with E-state index in [1.54, 1.807) is 4.91 Å². The van der Waals surface area contributed by atoms with Gasteiger partial charge in [0.25, 0.3) is 0 Å². The topological polar surface area (TPSA) is 0 Å². The molecule has 4 heterocycles. The lowest BCUT2D eigenvalue weighted by Crippen LogP contribution is -1.73. The van der Waals surface area contributed by atoms with Gasteiger partial charge in [-0.05, 0) is 18.9 Å².